The number of hydrogen-bond acceptors (Lipinski definition) is 3. The van der Waals surface area contributed by atoms with Crippen molar-refractivity contribution in [3.8, 4) is 0 Å². The second-order valence-electron chi connectivity index (χ2n) is 7.50. The van der Waals surface area contributed by atoms with Crippen LogP contribution < -0.4 is 10.0 Å². The third-order valence-corrected chi connectivity index (χ3v) is 6.63. The summed E-state index contributed by atoms with van der Waals surface area (Å²) in [6.07, 6.45) is 0. The molecule has 0 saturated heterocycles. The zero-order valence-electron chi connectivity index (χ0n) is 17.6. The zero-order valence-corrected chi connectivity index (χ0v) is 18.4. The molecule has 0 radical (unpaired) electrons. The molecule has 6 heteroatoms. The number of sulfonamides is 1. The summed E-state index contributed by atoms with van der Waals surface area (Å²) in [5.41, 5.74) is 5.37. The van der Waals surface area contributed by atoms with Gasteiger partial charge in [-0.1, -0.05) is 48.0 Å². The van der Waals surface area contributed by atoms with Crippen LogP contribution >= 0.6 is 0 Å². The highest BCUT2D eigenvalue weighted by Gasteiger charge is 2.20. The van der Waals surface area contributed by atoms with Crippen molar-refractivity contribution < 1.29 is 13.2 Å². The van der Waals surface area contributed by atoms with E-state index < -0.39 is 10.0 Å². The van der Waals surface area contributed by atoms with Crippen LogP contribution in [0.4, 0.5) is 5.69 Å². The summed E-state index contributed by atoms with van der Waals surface area (Å²) in [5, 5.41) is 2.85. The normalized spacial score (nSPS) is 11.2. The predicted octanol–water partition coefficient (Wildman–Crippen LogP) is 4.65. The van der Waals surface area contributed by atoms with E-state index in [9.17, 15) is 13.2 Å². The zero-order chi connectivity index (χ0) is 21.9. The van der Waals surface area contributed by atoms with E-state index in [4.69, 9.17) is 0 Å². The van der Waals surface area contributed by atoms with Gasteiger partial charge in [-0.25, -0.2) is 8.42 Å². The first kappa shape index (κ1) is 21.6. The molecule has 0 heterocycles. The first-order chi connectivity index (χ1) is 14.2. The second kappa shape index (κ2) is 8.71. The van der Waals surface area contributed by atoms with Crippen LogP contribution in [0.3, 0.4) is 0 Å². The number of hydrogen-bond donors (Lipinski definition) is 2. The Bertz CT molecular complexity index is 1200. The van der Waals surface area contributed by atoms with Gasteiger partial charge in [-0.15, -0.1) is 0 Å². The summed E-state index contributed by atoms with van der Waals surface area (Å²) < 4.78 is 28.7. The number of aryl methyl sites for hydroxylation is 3. The fourth-order valence-corrected chi connectivity index (χ4v) is 4.59. The molecule has 3 rings (SSSR count). The number of rotatable bonds is 6. The van der Waals surface area contributed by atoms with Crippen molar-refractivity contribution in [2.45, 2.75) is 39.1 Å². The highest BCUT2D eigenvalue weighted by atomic mass is 32.2. The molecule has 1 amide bonds. The molecule has 0 bridgehead atoms. The lowest BCUT2D eigenvalue weighted by atomic mass is 10.1. The van der Waals surface area contributed by atoms with Crippen molar-refractivity contribution in [3.05, 3.63) is 94.0 Å². The average Bonchev–Trinajstić information content (AvgIpc) is 2.70. The maximum absolute atomic E-state index is 13.0. The van der Waals surface area contributed by atoms with Crippen LogP contribution in [-0.4, -0.2) is 14.3 Å². The third kappa shape index (κ3) is 4.89. The maximum Gasteiger partial charge on any atom is 0.262 e. The molecule has 0 aromatic heterocycles. The molecule has 0 saturated carbocycles. The largest absolute Gasteiger partial charge is 0.348 e. The molecule has 0 atom stereocenters. The summed E-state index contributed by atoms with van der Waals surface area (Å²) in [4.78, 5) is 12.7. The van der Waals surface area contributed by atoms with Gasteiger partial charge in [0.2, 0.25) is 0 Å². The summed E-state index contributed by atoms with van der Waals surface area (Å²) in [5.74, 6) is -0.320. The molecule has 0 unspecified atom stereocenters. The van der Waals surface area contributed by atoms with E-state index in [-0.39, 0.29) is 10.8 Å². The number of amides is 1. The quantitative estimate of drug-likeness (QED) is 0.607. The lowest BCUT2D eigenvalue weighted by molar-refractivity contribution is 0.0950. The van der Waals surface area contributed by atoms with Crippen LogP contribution in [-0.2, 0) is 16.6 Å². The van der Waals surface area contributed by atoms with Gasteiger partial charge in [-0.05, 0) is 68.1 Å². The smallest absolute Gasteiger partial charge is 0.262 e. The molecule has 0 spiro atoms. The predicted molar refractivity (Wildman–Crippen MR) is 120 cm³/mol. The maximum atomic E-state index is 13.0. The summed E-state index contributed by atoms with van der Waals surface area (Å²) in [7, 11) is -3.84. The summed E-state index contributed by atoms with van der Waals surface area (Å²) in [6, 6.07) is 18.0. The molecule has 5 nitrogen and oxygen atoms in total. The number of benzene rings is 3. The fourth-order valence-electron chi connectivity index (χ4n) is 3.20. The molecular formula is C24H26N2O3S. The molecule has 2 N–H and O–H groups in total. The first-order valence-electron chi connectivity index (χ1n) is 9.71. The number of nitrogens with one attached hydrogen (secondary N) is 2. The minimum Gasteiger partial charge on any atom is -0.348 e. The van der Waals surface area contributed by atoms with Gasteiger partial charge in [-0.2, -0.15) is 0 Å². The van der Waals surface area contributed by atoms with Crippen molar-refractivity contribution in [2.24, 2.45) is 0 Å². The highest BCUT2D eigenvalue weighted by molar-refractivity contribution is 7.92. The van der Waals surface area contributed by atoms with Gasteiger partial charge in [0.15, 0.2) is 0 Å². The number of carbonyl (C=O) groups excluding carboxylic acids is 1. The number of anilines is 1. The van der Waals surface area contributed by atoms with E-state index in [1.807, 2.05) is 57.2 Å². The highest BCUT2D eigenvalue weighted by Crippen LogP contribution is 2.24. The van der Waals surface area contributed by atoms with Gasteiger partial charge in [0.25, 0.3) is 15.9 Å². The van der Waals surface area contributed by atoms with E-state index in [0.29, 0.717) is 23.4 Å². The minimum atomic E-state index is -3.84. The molecular weight excluding hydrogens is 396 g/mol. The van der Waals surface area contributed by atoms with Crippen molar-refractivity contribution in [2.75, 3.05) is 4.72 Å². The summed E-state index contributed by atoms with van der Waals surface area (Å²) >= 11 is 0. The third-order valence-electron chi connectivity index (χ3n) is 5.12. The Labute approximate surface area is 178 Å². The second-order valence-corrected chi connectivity index (χ2v) is 9.16. The van der Waals surface area contributed by atoms with E-state index in [1.165, 1.54) is 6.07 Å². The lowest BCUT2D eigenvalue weighted by Crippen LogP contribution is -2.23. The van der Waals surface area contributed by atoms with Gasteiger partial charge in [-0.3, -0.25) is 9.52 Å². The van der Waals surface area contributed by atoms with Crippen LogP contribution in [0.15, 0.2) is 65.6 Å². The topological polar surface area (TPSA) is 75.3 Å². The van der Waals surface area contributed by atoms with E-state index in [2.05, 4.69) is 10.0 Å². The van der Waals surface area contributed by atoms with Gasteiger partial charge in [0, 0.05) is 12.1 Å². The van der Waals surface area contributed by atoms with Crippen LogP contribution in [0.2, 0.25) is 0 Å². The number of carbonyl (C=O) groups is 1. The Morgan fingerprint density at radius 1 is 0.867 bits per heavy atom. The van der Waals surface area contributed by atoms with Crippen LogP contribution in [0, 0.1) is 27.7 Å². The standard InChI is InChI=1S/C24H26N2O3S/c1-16-7-5-9-20(13-16)15-25-24(27)21-12-11-18(3)23(14-21)30(28,29)26-22-10-6-8-17(2)19(22)4/h5-14,26H,15H2,1-4H3,(H,25,27). The van der Waals surface area contributed by atoms with Gasteiger partial charge in [0.05, 0.1) is 10.6 Å². The Morgan fingerprint density at radius 2 is 1.60 bits per heavy atom. The van der Waals surface area contributed by atoms with Crippen LogP contribution in [0.5, 0.6) is 0 Å². The average molecular weight is 423 g/mol. The Morgan fingerprint density at radius 3 is 2.33 bits per heavy atom. The van der Waals surface area contributed by atoms with Gasteiger partial charge < -0.3 is 5.32 Å². The monoisotopic (exact) mass is 422 g/mol. The molecule has 0 aliphatic carbocycles. The van der Waals surface area contributed by atoms with Crippen molar-refractivity contribution in [3.63, 3.8) is 0 Å². The van der Waals surface area contributed by atoms with Gasteiger partial charge in [0.1, 0.15) is 0 Å². The molecule has 0 aliphatic heterocycles. The first-order valence-corrected chi connectivity index (χ1v) is 11.2. The van der Waals surface area contributed by atoms with Gasteiger partial charge >= 0.3 is 0 Å². The van der Waals surface area contributed by atoms with Crippen molar-refractivity contribution >= 4 is 21.6 Å². The SMILES string of the molecule is Cc1cccc(CNC(=O)c2ccc(C)c(S(=O)(=O)Nc3cccc(C)c3C)c2)c1. The fraction of sp³-hybridized carbons (Fsp3) is 0.208. The van der Waals surface area contributed by atoms with Crippen LogP contribution in [0.1, 0.15) is 38.2 Å². The molecule has 3 aromatic rings. The Hall–Kier alpha value is -3.12. The molecule has 0 aliphatic rings. The molecule has 0 fully saturated rings. The minimum absolute atomic E-state index is 0.0895. The molecule has 30 heavy (non-hydrogen) atoms. The van der Waals surface area contributed by atoms with E-state index >= 15 is 0 Å². The van der Waals surface area contributed by atoms with E-state index in [0.717, 1.165) is 22.3 Å². The molecule has 156 valence electrons. The van der Waals surface area contributed by atoms with Crippen LogP contribution in [0.25, 0.3) is 0 Å². The molecule has 3 aromatic carbocycles. The van der Waals surface area contributed by atoms with E-state index in [1.54, 1.807) is 25.1 Å². The van der Waals surface area contributed by atoms with Crippen molar-refractivity contribution in [1.29, 1.82) is 0 Å². The van der Waals surface area contributed by atoms with Crippen molar-refractivity contribution in [1.82, 2.24) is 5.32 Å². The summed E-state index contributed by atoms with van der Waals surface area (Å²) in [6.45, 7) is 7.88. The Balaban J connectivity index is 1.83. The lowest BCUT2D eigenvalue weighted by Gasteiger charge is -2.14. The Kier molecular flexibility index (Phi) is 6.27.